The quantitative estimate of drug-likeness (QED) is 0.868. The van der Waals surface area contributed by atoms with E-state index in [4.69, 9.17) is 10.5 Å². The minimum absolute atomic E-state index is 0.449. The predicted molar refractivity (Wildman–Crippen MR) is 83.8 cm³/mol. The molecule has 0 saturated carbocycles. The number of rotatable bonds is 6. The Labute approximate surface area is 123 Å². The largest absolute Gasteiger partial charge is 0.384 e. The van der Waals surface area contributed by atoms with Gasteiger partial charge in [0.1, 0.15) is 0 Å². The number of likely N-dealkylation sites (tertiary alicyclic amines) is 1. The second kappa shape index (κ2) is 7.77. The molecule has 1 aliphatic rings. The summed E-state index contributed by atoms with van der Waals surface area (Å²) in [5, 5.41) is 0. The van der Waals surface area contributed by atoms with Crippen molar-refractivity contribution in [1.29, 1.82) is 0 Å². The molecule has 0 amide bonds. The van der Waals surface area contributed by atoms with Crippen molar-refractivity contribution in [2.24, 2.45) is 11.7 Å². The highest BCUT2D eigenvalue weighted by molar-refractivity contribution is 5.25. The fraction of sp³-hybridized carbons (Fsp3) is 0.647. The van der Waals surface area contributed by atoms with Gasteiger partial charge in [-0.25, -0.2) is 0 Å². The third kappa shape index (κ3) is 4.30. The fourth-order valence-corrected chi connectivity index (χ4v) is 3.01. The van der Waals surface area contributed by atoms with Crippen LogP contribution in [0.2, 0.25) is 0 Å². The molecule has 3 nitrogen and oxygen atoms in total. The first-order chi connectivity index (χ1) is 9.72. The van der Waals surface area contributed by atoms with E-state index < -0.39 is 0 Å². The van der Waals surface area contributed by atoms with Gasteiger partial charge in [0.2, 0.25) is 0 Å². The third-order valence-electron chi connectivity index (χ3n) is 4.31. The zero-order chi connectivity index (χ0) is 14.4. The van der Waals surface area contributed by atoms with Crippen LogP contribution in [0.25, 0.3) is 0 Å². The van der Waals surface area contributed by atoms with Crippen LogP contribution in [0.5, 0.6) is 0 Å². The summed E-state index contributed by atoms with van der Waals surface area (Å²) in [6.45, 7) is 7.20. The first-order valence-corrected chi connectivity index (χ1v) is 7.73. The molecule has 3 heteroatoms. The number of methoxy groups -OCH3 is 1. The van der Waals surface area contributed by atoms with E-state index in [1.54, 1.807) is 7.11 Å². The van der Waals surface area contributed by atoms with Gasteiger partial charge in [0.05, 0.1) is 6.61 Å². The van der Waals surface area contributed by atoms with Gasteiger partial charge in [-0.15, -0.1) is 0 Å². The summed E-state index contributed by atoms with van der Waals surface area (Å²) < 4.78 is 5.30. The fourth-order valence-electron chi connectivity index (χ4n) is 3.01. The maximum atomic E-state index is 5.72. The Balaban J connectivity index is 1.89. The van der Waals surface area contributed by atoms with Crippen LogP contribution in [0.4, 0.5) is 0 Å². The summed E-state index contributed by atoms with van der Waals surface area (Å²) in [5.41, 5.74) is 8.45. The molecule has 2 atom stereocenters. The number of ether oxygens (including phenoxy) is 1. The topological polar surface area (TPSA) is 38.5 Å². The van der Waals surface area contributed by atoms with Gasteiger partial charge < -0.3 is 10.5 Å². The molecular weight excluding hydrogens is 248 g/mol. The molecule has 1 aliphatic heterocycles. The molecular formula is C17H28N2O. The van der Waals surface area contributed by atoms with E-state index in [9.17, 15) is 0 Å². The molecule has 1 aromatic carbocycles. The van der Waals surface area contributed by atoms with Crippen molar-refractivity contribution in [3.63, 3.8) is 0 Å². The number of hydrogen-bond donors (Lipinski definition) is 1. The van der Waals surface area contributed by atoms with Crippen molar-refractivity contribution in [3.8, 4) is 0 Å². The highest BCUT2D eigenvalue weighted by Gasteiger charge is 2.19. The molecule has 0 bridgehead atoms. The number of benzene rings is 1. The van der Waals surface area contributed by atoms with Crippen molar-refractivity contribution >= 4 is 0 Å². The van der Waals surface area contributed by atoms with Gasteiger partial charge in [0, 0.05) is 20.2 Å². The molecule has 2 unspecified atom stereocenters. The number of hydrogen-bond acceptors (Lipinski definition) is 3. The maximum Gasteiger partial charge on any atom is 0.0502 e. The molecule has 2 N–H and O–H groups in total. The van der Waals surface area contributed by atoms with Crippen molar-refractivity contribution in [2.75, 3.05) is 33.4 Å². The standard InChI is InChI=1S/C17H28N2O/c1-14(10-18)17-7-5-15(6-8-17)11-19-9-3-4-16(12-19)13-20-2/h5-8,14,16H,3-4,9-13,18H2,1-2H3. The molecule has 1 aromatic rings. The Kier molecular flexibility index (Phi) is 6.02. The molecule has 0 aromatic heterocycles. The molecule has 0 spiro atoms. The van der Waals surface area contributed by atoms with Crippen molar-refractivity contribution in [2.45, 2.75) is 32.2 Å². The predicted octanol–water partition coefficient (Wildman–Crippen LogP) is 2.61. The van der Waals surface area contributed by atoms with Crippen LogP contribution < -0.4 is 5.73 Å². The Morgan fingerprint density at radius 2 is 2.10 bits per heavy atom. The summed E-state index contributed by atoms with van der Waals surface area (Å²) in [4.78, 5) is 2.55. The zero-order valence-electron chi connectivity index (χ0n) is 12.8. The van der Waals surface area contributed by atoms with Gasteiger partial charge >= 0.3 is 0 Å². The lowest BCUT2D eigenvalue weighted by Crippen LogP contribution is -2.36. The Morgan fingerprint density at radius 3 is 2.75 bits per heavy atom. The summed E-state index contributed by atoms with van der Waals surface area (Å²) in [7, 11) is 1.80. The van der Waals surface area contributed by atoms with E-state index in [-0.39, 0.29) is 0 Å². The molecule has 112 valence electrons. The molecule has 1 fully saturated rings. The van der Waals surface area contributed by atoms with Crippen LogP contribution in [-0.2, 0) is 11.3 Å². The smallest absolute Gasteiger partial charge is 0.0502 e. The van der Waals surface area contributed by atoms with Crippen molar-refractivity contribution in [1.82, 2.24) is 4.90 Å². The van der Waals surface area contributed by atoms with Crippen LogP contribution in [0, 0.1) is 5.92 Å². The summed E-state index contributed by atoms with van der Waals surface area (Å²) >= 11 is 0. The van der Waals surface area contributed by atoms with E-state index in [2.05, 4.69) is 36.1 Å². The Bertz CT molecular complexity index is 388. The van der Waals surface area contributed by atoms with Crippen LogP contribution in [0.3, 0.4) is 0 Å². The highest BCUT2D eigenvalue weighted by Crippen LogP contribution is 2.20. The van der Waals surface area contributed by atoms with E-state index in [1.807, 2.05) is 0 Å². The van der Waals surface area contributed by atoms with Crippen molar-refractivity contribution in [3.05, 3.63) is 35.4 Å². The van der Waals surface area contributed by atoms with Gasteiger partial charge in [-0.2, -0.15) is 0 Å². The molecule has 1 heterocycles. The molecule has 0 radical (unpaired) electrons. The van der Waals surface area contributed by atoms with Gasteiger partial charge in [-0.3, -0.25) is 4.90 Å². The van der Waals surface area contributed by atoms with Crippen molar-refractivity contribution < 1.29 is 4.74 Å². The number of nitrogens with two attached hydrogens (primary N) is 1. The summed E-state index contributed by atoms with van der Waals surface area (Å²) in [6.07, 6.45) is 2.59. The minimum Gasteiger partial charge on any atom is -0.384 e. The van der Waals surface area contributed by atoms with E-state index in [1.165, 1.54) is 30.5 Å². The van der Waals surface area contributed by atoms with Crippen LogP contribution >= 0.6 is 0 Å². The average Bonchev–Trinajstić information content (AvgIpc) is 2.48. The van der Waals surface area contributed by atoms with Gasteiger partial charge in [0.15, 0.2) is 0 Å². The van der Waals surface area contributed by atoms with Gasteiger partial charge in [0.25, 0.3) is 0 Å². The lowest BCUT2D eigenvalue weighted by Gasteiger charge is -2.32. The second-order valence-corrected chi connectivity index (χ2v) is 6.08. The Hall–Kier alpha value is -0.900. The molecule has 20 heavy (non-hydrogen) atoms. The Morgan fingerprint density at radius 1 is 1.35 bits per heavy atom. The van der Waals surface area contributed by atoms with Crippen LogP contribution in [0.15, 0.2) is 24.3 Å². The molecule has 1 saturated heterocycles. The summed E-state index contributed by atoms with van der Waals surface area (Å²) in [5.74, 6) is 1.15. The number of piperidine rings is 1. The number of nitrogens with zero attached hydrogens (tertiary/aromatic N) is 1. The third-order valence-corrected chi connectivity index (χ3v) is 4.31. The summed E-state index contributed by atoms with van der Waals surface area (Å²) in [6, 6.07) is 8.95. The van der Waals surface area contributed by atoms with Crippen LogP contribution in [-0.4, -0.2) is 38.3 Å². The average molecular weight is 276 g/mol. The van der Waals surface area contributed by atoms with E-state index >= 15 is 0 Å². The monoisotopic (exact) mass is 276 g/mol. The van der Waals surface area contributed by atoms with Gasteiger partial charge in [-0.1, -0.05) is 31.2 Å². The normalized spacial score (nSPS) is 21.9. The SMILES string of the molecule is COCC1CCCN(Cc2ccc(C(C)CN)cc2)C1. The molecule has 2 rings (SSSR count). The lowest BCUT2D eigenvalue weighted by atomic mass is 9.97. The zero-order valence-corrected chi connectivity index (χ0v) is 12.8. The van der Waals surface area contributed by atoms with Crippen LogP contribution in [0.1, 0.15) is 36.8 Å². The first kappa shape index (κ1) is 15.5. The van der Waals surface area contributed by atoms with E-state index in [0.29, 0.717) is 18.4 Å². The highest BCUT2D eigenvalue weighted by atomic mass is 16.5. The van der Waals surface area contributed by atoms with Gasteiger partial charge in [-0.05, 0) is 48.9 Å². The second-order valence-electron chi connectivity index (χ2n) is 6.08. The minimum atomic E-state index is 0.449. The maximum absolute atomic E-state index is 5.72. The van der Waals surface area contributed by atoms with E-state index in [0.717, 1.165) is 19.7 Å². The lowest BCUT2D eigenvalue weighted by molar-refractivity contribution is 0.0874. The first-order valence-electron chi connectivity index (χ1n) is 7.73. The molecule has 0 aliphatic carbocycles.